The van der Waals surface area contributed by atoms with E-state index in [1.54, 1.807) is 0 Å². The summed E-state index contributed by atoms with van der Waals surface area (Å²) in [6.07, 6.45) is 53.9. The van der Waals surface area contributed by atoms with Crippen molar-refractivity contribution >= 4 is 35.3 Å². The fraction of sp³-hybridized carbons (Fsp3) is 0.812. The molecule has 0 bridgehead atoms. The van der Waals surface area contributed by atoms with Crippen LogP contribution in [0.3, 0.4) is 0 Å². The van der Waals surface area contributed by atoms with Gasteiger partial charge in [-0.05, 0) is 116 Å². The number of allylic oxidation sites excluding steroid dienone is 6. The zero-order chi connectivity index (χ0) is 40.4. The first-order valence-corrected chi connectivity index (χ1v) is 22.9. The van der Waals surface area contributed by atoms with Gasteiger partial charge in [0.15, 0.2) is 0 Å². The molecule has 7 heteroatoms. The number of aliphatic carboxylic acids is 3. The number of carbonyl (C=O) groups excluding carboxylic acids is 3. The summed E-state index contributed by atoms with van der Waals surface area (Å²) >= 11 is 0. The molecule has 0 unspecified atom stereocenters. The monoisotopic (exact) mass is 787 g/mol. The van der Waals surface area contributed by atoms with E-state index in [0.29, 0.717) is 0 Å². The summed E-state index contributed by atoms with van der Waals surface area (Å²) in [5.41, 5.74) is 0. The standard InChI is InChI=1S/3C16H30O2.Al/c3*1-2-3-4-5-6-7-8-9-10-11-12-13-14-15-16(17)18;/h3*7-8H,2-6,9-15H2,1H3,(H,17,18);/p-3. The van der Waals surface area contributed by atoms with Gasteiger partial charge in [0.05, 0.1) is 0 Å². The van der Waals surface area contributed by atoms with E-state index < -0.39 is 17.9 Å². The molecular weight excluding hydrogens is 700 g/mol. The van der Waals surface area contributed by atoms with Gasteiger partial charge in [-0.1, -0.05) is 173 Å². The molecule has 0 heterocycles. The highest BCUT2D eigenvalue weighted by molar-refractivity contribution is 5.75. The van der Waals surface area contributed by atoms with Gasteiger partial charge in [0.1, 0.15) is 0 Å². The minimum Gasteiger partial charge on any atom is -0.550 e. The van der Waals surface area contributed by atoms with Crippen molar-refractivity contribution in [2.45, 2.75) is 252 Å². The van der Waals surface area contributed by atoms with Crippen molar-refractivity contribution in [1.29, 1.82) is 0 Å². The number of carboxylic acid groups (broad SMARTS) is 3. The molecular formula is C48H87AlO6-3. The summed E-state index contributed by atoms with van der Waals surface area (Å²) in [6, 6.07) is 0. The molecule has 0 aliphatic heterocycles. The smallest absolute Gasteiger partial charge is 0.0414 e. The Labute approximate surface area is 352 Å². The summed E-state index contributed by atoms with van der Waals surface area (Å²) in [6.45, 7) is 6.72. The largest absolute Gasteiger partial charge is 0.550 e. The molecule has 0 atom stereocenters. The molecule has 0 saturated heterocycles. The Balaban J connectivity index is -0.000000351. The third kappa shape index (κ3) is 70.5. The number of carbonyl (C=O) groups is 3. The average Bonchev–Trinajstić information content (AvgIpc) is 3.14. The number of hydrogen-bond donors (Lipinski definition) is 0. The lowest BCUT2D eigenvalue weighted by Crippen LogP contribution is -2.21. The second kappa shape index (κ2) is 56.5. The molecule has 3 radical (unpaired) electrons. The lowest BCUT2D eigenvalue weighted by Gasteiger charge is -2.01. The molecule has 0 aromatic heterocycles. The van der Waals surface area contributed by atoms with E-state index in [9.17, 15) is 29.7 Å². The van der Waals surface area contributed by atoms with Crippen molar-refractivity contribution in [1.82, 2.24) is 0 Å². The van der Waals surface area contributed by atoms with Crippen LogP contribution in [0.25, 0.3) is 0 Å². The predicted octanol–water partition coefficient (Wildman–Crippen LogP) is 11.6. The van der Waals surface area contributed by atoms with Gasteiger partial charge in [0, 0.05) is 35.3 Å². The van der Waals surface area contributed by atoms with Crippen molar-refractivity contribution in [3.8, 4) is 0 Å². The van der Waals surface area contributed by atoms with Gasteiger partial charge < -0.3 is 29.7 Å². The van der Waals surface area contributed by atoms with Crippen LogP contribution in [0, 0.1) is 0 Å². The van der Waals surface area contributed by atoms with Crippen LogP contribution in [0.4, 0.5) is 0 Å². The van der Waals surface area contributed by atoms with E-state index in [1.807, 2.05) is 0 Å². The summed E-state index contributed by atoms with van der Waals surface area (Å²) in [7, 11) is 0. The number of hydrogen-bond acceptors (Lipinski definition) is 6. The van der Waals surface area contributed by atoms with E-state index in [2.05, 4.69) is 57.2 Å². The first kappa shape index (κ1) is 59.8. The molecule has 321 valence electrons. The minimum atomic E-state index is -0.916. The molecule has 6 nitrogen and oxygen atoms in total. The van der Waals surface area contributed by atoms with Crippen molar-refractivity contribution in [3.63, 3.8) is 0 Å². The predicted molar refractivity (Wildman–Crippen MR) is 231 cm³/mol. The van der Waals surface area contributed by atoms with Gasteiger partial charge in [-0.3, -0.25) is 0 Å². The Morgan fingerprint density at radius 2 is 0.455 bits per heavy atom. The van der Waals surface area contributed by atoms with Crippen molar-refractivity contribution < 1.29 is 29.7 Å². The molecule has 0 amide bonds. The summed E-state index contributed by atoms with van der Waals surface area (Å²) in [5, 5.41) is 30.5. The van der Waals surface area contributed by atoms with Crippen LogP contribution in [0.1, 0.15) is 252 Å². The van der Waals surface area contributed by atoms with Crippen LogP contribution in [0.15, 0.2) is 36.5 Å². The summed E-state index contributed by atoms with van der Waals surface area (Å²) < 4.78 is 0. The Morgan fingerprint density at radius 3 is 0.636 bits per heavy atom. The second-order valence-corrected chi connectivity index (χ2v) is 15.0. The minimum absolute atomic E-state index is 0. The molecule has 55 heavy (non-hydrogen) atoms. The molecule has 0 spiro atoms. The fourth-order valence-corrected chi connectivity index (χ4v) is 5.96. The van der Waals surface area contributed by atoms with E-state index >= 15 is 0 Å². The molecule has 0 N–H and O–H groups in total. The van der Waals surface area contributed by atoms with Gasteiger partial charge in [-0.2, -0.15) is 0 Å². The summed E-state index contributed by atoms with van der Waals surface area (Å²) in [4.78, 5) is 30.5. The Hall–Kier alpha value is -1.84. The molecule has 0 saturated carbocycles. The quantitative estimate of drug-likeness (QED) is 0.0347. The Kier molecular flexibility index (Phi) is 61.5. The first-order chi connectivity index (χ1) is 26.3. The lowest BCUT2D eigenvalue weighted by molar-refractivity contribution is -0.307. The second-order valence-electron chi connectivity index (χ2n) is 15.0. The third-order valence-electron chi connectivity index (χ3n) is 9.43. The van der Waals surface area contributed by atoms with E-state index in [1.165, 1.54) is 154 Å². The van der Waals surface area contributed by atoms with Crippen LogP contribution >= 0.6 is 0 Å². The number of unbranched alkanes of at least 4 members (excludes halogenated alkanes) is 27. The van der Waals surface area contributed by atoms with Crippen molar-refractivity contribution in [2.75, 3.05) is 0 Å². The van der Waals surface area contributed by atoms with Gasteiger partial charge in [-0.25, -0.2) is 0 Å². The maximum atomic E-state index is 10.2. The van der Waals surface area contributed by atoms with Crippen LogP contribution in [-0.4, -0.2) is 35.3 Å². The molecule has 0 aliphatic carbocycles. The zero-order valence-corrected chi connectivity index (χ0v) is 37.6. The number of carboxylic acids is 3. The topological polar surface area (TPSA) is 120 Å². The van der Waals surface area contributed by atoms with Crippen LogP contribution in [0.5, 0.6) is 0 Å². The summed E-state index contributed by atoms with van der Waals surface area (Å²) in [5.74, 6) is -2.75. The van der Waals surface area contributed by atoms with Crippen molar-refractivity contribution in [2.24, 2.45) is 0 Å². The first-order valence-electron chi connectivity index (χ1n) is 22.9. The normalized spacial score (nSPS) is 11.0. The Bertz CT molecular complexity index is 744. The zero-order valence-electron chi connectivity index (χ0n) is 36.4. The van der Waals surface area contributed by atoms with E-state index in [-0.39, 0.29) is 36.6 Å². The number of rotatable bonds is 39. The van der Waals surface area contributed by atoms with Gasteiger partial charge >= 0.3 is 0 Å². The average molecular weight is 787 g/mol. The van der Waals surface area contributed by atoms with E-state index in [0.717, 1.165) is 57.8 Å². The highest BCUT2D eigenvalue weighted by Gasteiger charge is 1.93. The van der Waals surface area contributed by atoms with Crippen LogP contribution in [0.2, 0.25) is 0 Å². The molecule has 0 rings (SSSR count). The van der Waals surface area contributed by atoms with Crippen molar-refractivity contribution in [3.05, 3.63) is 36.5 Å². The maximum absolute atomic E-state index is 10.2. The van der Waals surface area contributed by atoms with Crippen LogP contribution < -0.4 is 15.3 Å². The lowest BCUT2D eigenvalue weighted by atomic mass is 10.1. The third-order valence-corrected chi connectivity index (χ3v) is 9.43. The maximum Gasteiger partial charge on any atom is 0.0414 e. The fourth-order valence-electron chi connectivity index (χ4n) is 5.96. The van der Waals surface area contributed by atoms with E-state index in [4.69, 9.17) is 0 Å². The van der Waals surface area contributed by atoms with Gasteiger partial charge in [0.25, 0.3) is 0 Å². The van der Waals surface area contributed by atoms with Gasteiger partial charge in [0.2, 0.25) is 0 Å². The molecule has 0 aliphatic rings. The Morgan fingerprint density at radius 1 is 0.291 bits per heavy atom. The molecule has 0 aromatic rings. The highest BCUT2D eigenvalue weighted by atomic mass is 27.0. The molecule has 0 fully saturated rings. The van der Waals surface area contributed by atoms with Crippen LogP contribution in [-0.2, 0) is 14.4 Å². The SMILES string of the molecule is CCCCCCC=CCCCCCCCC(=O)[O-].CCCCCCC=CCCCCCCCC(=O)[O-].CCCCCCC=CCCCCCCCC(=O)[O-].[Al]. The molecule has 0 aromatic carbocycles. The highest BCUT2D eigenvalue weighted by Crippen LogP contribution is 2.11. The van der Waals surface area contributed by atoms with Gasteiger partial charge in [-0.15, -0.1) is 0 Å².